The normalized spacial score (nSPS) is 20.3. The Hall–Kier alpha value is -2.14. The van der Waals surface area contributed by atoms with Gasteiger partial charge in [0.2, 0.25) is 11.8 Å². The molecule has 5 heteroatoms. The molecule has 2 aliphatic heterocycles. The molecular weight excluding hydrogens is 320 g/mol. The van der Waals surface area contributed by atoms with Crippen LogP contribution in [-0.4, -0.2) is 34.7 Å². The first kappa shape index (κ1) is 15.4. The molecule has 1 aromatic carbocycles. The predicted octanol–water partition coefficient (Wildman–Crippen LogP) is 2.68. The van der Waals surface area contributed by atoms with Crippen LogP contribution in [0.15, 0.2) is 41.8 Å². The fraction of sp³-hybridized carbons (Fsp3) is 0.368. The maximum absolute atomic E-state index is 12.8. The number of benzene rings is 1. The van der Waals surface area contributed by atoms with Crippen LogP contribution in [0.5, 0.6) is 0 Å². The zero-order valence-corrected chi connectivity index (χ0v) is 14.3. The van der Waals surface area contributed by atoms with Crippen molar-refractivity contribution in [2.75, 3.05) is 13.1 Å². The molecule has 24 heavy (non-hydrogen) atoms. The predicted molar refractivity (Wildman–Crippen MR) is 93.4 cm³/mol. The van der Waals surface area contributed by atoms with Crippen molar-refractivity contribution in [2.24, 2.45) is 5.92 Å². The van der Waals surface area contributed by atoms with E-state index in [-0.39, 0.29) is 17.7 Å². The van der Waals surface area contributed by atoms with Gasteiger partial charge in [-0.2, -0.15) is 0 Å². The van der Waals surface area contributed by atoms with Gasteiger partial charge >= 0.3 is 0 Å². The lowest BCUT2D eigenvalue weighted by molar-refractivity contribution is -0.136. The molecule has 2 aromatic rings. The number of amides is 2. The Labute approximate surface area is 145 Å². The highest BCUT2D eigenvalue weighted by molar-refractivity contribution is 7.10. The molecule has 0 N–H and O–H groups in total. The second kappa shape index (κ2) is 6.40. The summed E-state index contributed by atoms with van der Waals surface area (Å²) in [5.41, 5.74) is 2.38. The quantitative estimate of drug-likeness (QED) is 0.862. The first-order valence-electron chi connectivity index (χ1n) is 8.36. The third-order valence-corrected chi connectivity index (χ3v) is 5.92. The Morgan fingerprint density at radius 2 is 2.04 bits per heavy atom. The van der Waals surface area contributed by atoms with Gasteiger partial charge < -0.3 is 9.80 Å². The van der Waals surface area contributed by atoms with Gasteiger partial charge in [-0.15, -0.1) is 11.3 Å². The molecule has 1 saturated heterocycles. The van der Waals surface area contributed by atoms with Crippen molar-refractivity contribution in [3.8, 4) is 0 Å². The second-order valence-corrected chi connectivity index (χ2v) is 7.54. The summed E-state index contributed by atoms with van der Waals surface area (Å²) < 4.78 is 0. The molecule has 0 bridgehead atoms. The number of fused-ring (bicyclic) bond motifs is 1. The van der Waals surface area contributed by atoms with E-state index in [0.717, 1.165) is 18.5 Å². The highest BCUT2D eigenvalue weighted by atomic mass is 32.1. The summed E-state index contributed by atoms with van der Waals surface area (Å²) in [5.74, 6) is 0.0302. The van der Waals surface area contributed by atoms with Crippen LogP contribution in [0.2, 0.25) is 0 Å². The first-order valence-corrected chi connectivity index (χ1v) is 9.24. The molecule has 0 saturated carbocycles. The lowest BCUT2D eigenvalue weighted by Crippen LogP contribution is -2.40. The van der Waals surface area contributed by atoms with Crippen LogP contribution in [-0.2, 0) is 29.1 Å². The zero-order valence-electron chi connectivity index (χ0n) is 13.5. The van der Waals surface area contributed by atoms with E-state index in [4.69, 9.17) is 0 Å². The maximum atomic E-state index is 12.8. The lowest BCUT2D eigenvalue weighted by Gasteiger charge is -2.29. The monoisotopic (exact) mass is 340 g/mol. The molecule has 2 amide bonds. The topological polar surface area (TPSA) is 40.6 Å². The van der Waals surface area contributed by atoms with E-state index < -0.39 is 0 Å². The van der Waals surface area contributed by atoms with E-state index in [1.165, 1.54) is 10.4 Å². The average Bonchev–Trinajstić information content (AvgIpc) is 3.21. The molecular formula is C19H20N2O2S. The summed E-state index contributed by atoms with van der Waals surface area (Å²) in [5, 5.41) is 2.10. The second-order valence-electron chi connectivity index (χ2n) is 6.54. The van der Waals surface area contributed by atoms with E-state index in [1.54, 1.807) is 11.3 Å². The van der Waals surface area contributed by atoms with Gasteiger partial charge in [-0.05, 0) is 29.0 Å². The minimum atomic E-state index is -0.193. The average molecular weight is 340 g/mol. The number of likely N-dealkylation sites (tertiary alicyclic amines) is 1. The molecule has 4 nitrogen and oxygen atoms in total. The van der Waals surface area contributed by atoms with Crippen molar-refractivity contribution in [3.63, 3.8) is 0 Å². The number of hydrogen-bond acceptors (Lipinski definition) is 3. The Balaban J connectivity index is 1.40. The van der Waals surface area contributed by atoms with Crippen LogP contribution in [0, 0.1) is 5.92 Å². The minimum absolute atomic E-state index is 0.0884. The van der Waals surface area contributed by atoms with Gasteiger partial charge in [0.1, 0.15) is 0 Å². The van der Waals surface area contributed by atoms with Crippen LogP contribution in [0.1, 0.15) is 22.4 Å². The SMILES string of the molecule is O=C1C[C@H](C(=O)N2CCc3sccc3C2)CN1Cc1ccccc1. The Morgan fingerprint density at radius 3 is 2.88 bits per heavy atom. The van der Waals surface area contributed by atoms with Crippen molar-refractivity contribution in [2.45, 2.75) is 25.9 Å². The Bertz CT molecular complexity index is 756. The first-order chi connectivity index (χ1) is 11.7. The fourth-order valence-corrected chi connectivity index (χ4v) is 4.48. The third kappa shape index (κ3) is 2.96. The van der Waals surface area contributed by atoms with Crippen molar-refractivity contribution in [3.05, 3.63) is 57.8 Å². The zero-order chi connectivity index (χ0) is 16.5. The number of rotatable bonds is 3. The van der Waals surface area contributed by atoms with Crippen molar-refractivity contribution < 1.29 is 9.59 Å². The largest absolute Gasteiger partial charge is 0.338 e. The van der Waals surface area contributed by atoms with Gasteiger partial charge in [-0.25, -0.2) is 0 Å². The molecule has 4 rings (SSSR count). The van der Waals surface area contributed by atoms with Crippen LogP contribution in [0.25, 0.3) is 0 Å². The standard InChI is InChI=1S/C19H20N2O2S/c22-18-10-16(13-21(18)11-14-4-2-1-3-5-14)19(23)20-8-6-17-15(12-20)7-9-24-17/h1-5,7,9,16H,6,8,10-13H2/t16-/m0/s1. The minimum Gasteiger partial charge on any atom is -0.338 e. The molecule has 3 heterocycles. The lowest BCUT2D eigenvalue weighted by atomic mass is 10.0. The van der Waals surface area contributed by atoms with Crippen LogP contribution >= 0.6 is 11.3 Å². The van der Waals surface area contributed by atoms with E-state index in [0.29, 0.717) is 26.1 Å². The summed E-state index contributed by atoms with van der Waals surface area (Å²) in [6, 6.07) is 12.1. The molecule has 0 spiro atoms. The highest BCUT2D eigenvalue weighted by Crippen LogP contribution is 2.28. The summed E-state index contributed by atoms with van der Waals surface area (Å²) in [4.78, 5) is 30.3. The maximum Gasteiger partial charge on any atom is 0.228 e. The van der Waals surface area contributed by atoms with E-state index in [1.807, 2.05) is 40.1 Å². The van der Waals surface area contributed by atoms with E-state index >= 15 is 0 Å². The summed E-state index contributed by atoms with van der Waals surface area (Å²) >= 11 is 1.77. The Kier molecular flexibility index (Phi) is 4.10. The molecule has 0 aliphatic carbocycles. The molecule has 1 atom stereocenters. The van der Waals surface area contributed by atoms with E-state index in [9.17, 15) is 9.59 Å². The highest BCUT2D eigenvalue weighted by Gasteiger charge is 2.37. The summed E-state index contributed by atoms with van der Waals surface area (Å²) in [6.45, 7) is 2.61. The summed E-state index contributed by atoms with van der Waals surface area (Å²) in [7, 11) is 0. The van der Waals surface area contributed by atoms with Gasteiger partial charge in [-0.3, -0.25) is 9.59 Å². The van der Waals surface area contributed by atoms with E-state index in [2.05, 4.69) is 11.4 Å². The van der Waals surface area contributed by atoms with Crippen molar-refractivity contribution in [1.29, 1.82) is 0 Å². The summed E-state index contributed by atoms with van der Waals surface area (Å²) in [6.07, 6.45) is 1.28. The van der Waals surface area contributed by atoms with Crippen molar-refractivity contribution >= 4 is 23.2 Å². The van der Waals surface area contributed by atoms with Crippen molar-refractivity contribution in [1.82, 2.24) is 9.80 Å². The smallest absolute Gasteiger partial charge is 0.228 e. The van der Waals surface area contributed by atoms with Gasteiger partial charge in [0.25, 0.3) is 0 Å². The number of hydrogen-bond donors (Lipinski definition) is 0. The van der Waals surface area contributed by atoms with Gasteiger partial charge in [-0.1, -0.05) is 30.3 Å². The number of carbonyl (C=O) groups is 2. The molecule has 0 unspecified atom stereocenters. The third-order valence-electron chi connectivity index (χ3n) is 4.90. The molecule has 0 radical (unpaired) electrons. The van der Waals surface area contributed by atoms with Gasteiger partial charge in [0, 0.05) is 37.5 Å². The number of nitrogens with zero attached hydrogens (tertiary/aromatic N) is 2. The molecule has 1 aromatic heterocycles. The van der Waals surface area contributed by atoms with Gasteiger partial charge in [0.05, 0.1) is 5.92 Å². The molecule has 124 valence electrons. The number of carbonyl (C=O) groups excluding carboxylic acids is 2. The number of thiophene rings is 1. The van der Waals surface area contributed by atoms with Crippen LogP contribution in [0.4, 0.5) is 0 Å². The Morgan fingerprint density at radius 1 is 1.21 bits per heavy atom. The fourth-order valence-electron chi connectivity index (χ4n) is 3.59. The molecule has 1 fully saturated rings. The van der Waals surface area contributed by atoms with Crippen LogP contribution in [0.3, 0.4) is 0 Å². The molecule has 2 aliphatic rings. The van der Waals surface area contributed by atoms with Gasteiger partial charge in [0.15, 0.2) is 0 Å². The van der Waals surface area contributed by atoms with Crippen LogP contribution < -0.4 is 0 Å².